The molecule has 1 amide bonds. The number of hydrogen-bond acceptors (Lipinski definition) is 4. The van der Waals surface area contributed by atoms with Crippen LogP contribution in [-0.4, -0.2) is 57.5 Å². The van der Waals surface area contributed by atoms with Gasteiger partial charge in [-0.05, 0) is 6.92 Å². The number of rotatable bonds is 4. The van der Waals surface area contributed by atoms with E-state index >= 15 is 0 Å². The van der Waals surface area contributed by atoms with Gasteiger partial charge in [0, 0.05) is 38.6 Å². The maximum atomic E-state index is 12.7. The number of piperazine rings is 1. The second-order valence-corrected chi connectivity index (χ2v) is 4.92. The fourth-order valence-electron chi connectivity index (χ4n) is 2.26. The monoisotopic (exact) mass is 287 g/mol. The van der Waals surface area contributed by atoms with Crippen LogP contribution in [0.4, 0.5) is 8.78 Å². The lowest BCUT2D eigenvalue weighted by molar-refractivity contribution is -0.134. The first-order valence-corrected chi connectivity index (χ1v) is 6.55. The molecule has 0 aromatic carbocycles. The van der Waals surface area contributed by atoms with E-state index in [1.165, 1.54) is 12.4 Å². The summed E-state index contributed by atoms with van der Waals surface area (Å²) in [5.41, 5.74) is 5.56. The van der Waals surface area contributed by atoms with Crippen LogP contribution >= 0.6 is 0 Å². The van der Waals surface area contributed by atoms with Gasteiger partial charge in [-0.2, -0.15) is 8.78 Å². The highest BCUT2D eigenvalue weighted by molar-refractivity contribution is 5.81. The van der Waals surface area contributed by atoms with Crippen LogP contribution in [0.5, 0.6) is 0 Å². The molecule has 20 heavy (non-hydrogen) atoms. The first-order valence-electron chi connectivity index (χ1n) is 6.55. The van der Waals surface area contributed by atoms with Gasteiger partial charge < -0.3 is 10.6 Å². The lowest BCUT2D eigenvalue weighted by Crippen LogP contribution is -2.52. The van der Waals surface area contributed by atoms with Crippen LogP contribution < -0.4 is 5.73 Å². The van der Waals surface area contributed by atoms with Gasteiger partial charge in [0.1, 0.15) is 5.82 Å². The summed E-state index contributed by atoms with van der Waals surface area (Å²) in [5, 5.41) is 0. The number of carbonyl (C=O) groups is 1. The van der Waals surface area contributed by atoms with E-state index in [0.717, 1.165) is 4.57 Å². The molecule has 0 saturated carbocycles. The van der Waals surface area contributed by atoms with Gasteiger partial charge in [-0.25, -0.2) is 4.98 Å². The van der Waals surface area contributed by atoms with E-state index in [1.54, 1.807) is 11.8 Å². The molecule has 1 aromatic rings. The molecule has 1 unspecified atom stereocenters. The van der Waals surface area contributed by atoms with Crippen molar-refractivity contribution in [3.8, 4) is 0 Å². The van der Waals surface area contributed by atoms with Crippen molar-refractivity contribution in [3.05, 3.63) is 18.2 Å². The molecule has 0 bridgehead atoms. The molecule has 0 spiro atoms. The Bertz CT molecular complexity index is 454. The van der Waals surface area contributed by atoms with Gasteiger partial charge >= 0.3 is 6.55 Å². The van der Waals surface area contributed by atoms with Crippen LogP contribution in [0, 0.1) is 0 Å². The number of alkyl halides is 2. The van der Waals surface area contributed by atoms with Gasteiger partial charge in [0.2, 0.25) is 5.91 Å². The number of nitrogens with two attached hydrogens (primary N) is 1. The quantitative estimate of drug-likeness (QED) is 0.863. The summed E-state index contributed by atoms with van der Waals surface area (Å²) in [6.45, 7) is 1.84. The summed E-state index contributed by atoms with van der Waals surface area (Å²) in [4.78, 5) is 19.4. The molecular formula is C12H19F2N5O. The minimum absolute atomic E-state index is 0.0706. The Morgan fingerprint density at radius 3 is 2.60 bits per heavy atom. The van der Waals surface area contributed by atoms with E-state index in [-0.39, 0.29) is 5.91 Å². The fourth-order valence-corrected chi connectivity index (χ4v) is 2.26. The second kappa shape index (κ2) is 6.27. The Kier molecular flexibility index (Phi) is 4.66. The van der Waals surface area contributed by atoms with Crippen molar-refractivity contribution >= 4 is 5.91 Å². The number of amides is 1. The Labute approximate surface area is 116 Å². The van der Waals surface area contributed by atoms with Gasteiger partial charge in [0.25, 0.3) is 0 Å². The molecule has 0 aliphatic carbocycles. The predicted octanol–water partition coefficient (Wildman–Crippen LogP) is 0.270. The molecule has 8 heteroatoms. The maximum Gasteiger partial charge on any atom is 0.319 e. The summed E-state index contributed by atoms with van der Waals surface area (Å²) in [6.07, 6.45) is 2.65. The van der Waals surface area contributed by atoms with Crippen molar-refractivity contribution in [2.24, 2.45) is 5.73 Å². The SMILES string of the molecule is CC(N)C(=O)N1CCN(Cc2nccn2C(F)F)CC1. The molecule has 6 nitrogen and oxygen atoms in total. The molecule has 1 aliphatic rings. The lowest BCUT2D eigenvalue weighted by Gasteiger charge is -2.35. The Morgan fingerprint density at radius 1 is 1.40 bits per heavy atom. The van der Waals surface area contributed by atoms with Crippen LogP contribution in [0.25, 0.3) is 0 Å². The molecule has 1 fully saturated rings. The van der Waals surface area contributed by atoms with Crippen LogP contribution in [0.1, 0.15) is 19.3 Å². The number of carbonyl (C=O) groups excluding carboxylic acids is 1. The normalized spacial score (nSPS) is 18.6. The summed E-state index contributed by atoms with van der Waals surface area (Å²) in [7, 11) is 0. The molecule has 1 aliphatic heterocycles. The minimum atomic E-state index is -2.58. The fraction of sp³-hybridized carbons (Fsp3) is 0.667. The molecule has 0 radical (unpaired) electrons. The third kappa shape index (κ3) is 3.31. The van der Waals surface area contributed by atoms with Gasteiger partial charge in [0.05, 0.1) is 12.6 Å². The van der Waals surface area contributed by atoms with E-state index in [0.29, 0.717) is 38.5 Å². The Morgan fingerprint density at radius 2 is 2.05 bits per heavy atom. The van der Waals surface area contributed by atoms with Crippen molar-refractivity contribution in [1.82, 2.24) is 19.4 Å². The second-order valence-electron chi connectivity index (χ2n) is 4.92. The van der Waals surface area contributed by atoms with E-state index in [4.69, 9.17) is 5.73 Å². The van der Waals surface area contributed by atoms with E-state index < -0.39 is 12.6 Å². The number of imidazole rings is 1. The van der Waals surface area contributed by atoms with Crippen molar-refractivity contribution in [2.45, 2.75) is 26.1 Å². The maximum absolute atomic E-state index is 12.7. The van der Waals surface area contributed by atoms with Crippen molar-refractivity contribution in [2.75, 3.05) is 26.2 Å². The zero-order chi connectivity index (χ0) is 14.7. The third-order valence-corrected chi connectivity index (χ3v) is 3.40. The van der Waals surface area contributed by atoms with Crippen LogP contribution in [-0.2, 0) is 11.3 Å². The van der Waals surface area contributed by atoms with Gasteiger partial charge in [-0.15, -0.1) is 0 Å². The van der Waals surface area contributed by atoms with Crippen molar-refractivity contribution in [3.63, 3.8) is 0 Å². The molecule has 1 aromatic heterocycles. The average Bonchev–Trinajstić information content (AvgIpc) is 2.87. The smallest absolute Gasteiger partial charge is 0.319 e. The Balaban J connectivity index is 1.88. The first-order chi connectivity index (χ1) is 9.49. The van der Waals surface area contributed by atoms with Crippen molar-refractivity contribution in [1.29, 1.82) is 0 Å². The topological polar surface area (TPSA) is 67.4 Å². The highest BCUT2D eigenvalue weighted by Gasteiger charge is 2.24. The van der Waals surface area contributed by atoms with E-state index in [2.05, 4.69) is 4.98 Å². The predicted molar refractivity (Wildman–Crippen MR) is 69.0 cm³/mol. The minimum Gasteiger partial charge on any atom is -0.339 e. The zero-order valence-electron chi connectivity index (χ0n) is 11.4. The van der Waals surface area contributed by atoms with Gasteiger partial charge in [0.15, 0.2) is 0 Å². The van der Waals surface area contributed by atoms with E-state index in [9.17, 15) is 13.6 Å². The number of halogens is 2. The first kappa shape index (κ1) is 14.9. The van der Waals surface area contributed by atoms with Crippen LogP contribution in [0.2, 0.25) is 0 Å². The van der Waals surface area contributed by atoms with Crippen LogP contribution in [0.15, 0.2) is 12.4 Å². The largest absolute Gasteiger partial charge is 0.339 e. The molecule has 1 atom stereocenters. The highest BCUT2D eigenvalue weighted by Crippen LogP contribution is 2.15. The molecule has 112 valence electrons. The Hall–Kier alpha value is -1.54. The average molecular weight is 287 g/mol. The number of aromatic nitrogens is 2. The molecule has 2 rings (SSSR count). The summed E-state index contributed by atoms with van der Waals surface area (Å²) >= 11 is 0. The standard InChI is InChI=1S/C12H19F2N5O/c1-9(15)11(20)18-6-4-17(5-7-18)8-10-16-2-3-19(10)12(13)14/h2-3,9,12H,4-8,15H2,1H3. The summed E-state index contributed by atoms with van der Waals surface area (Å²) < 4.78 is 26.3. The number of nitrogens with zero attached hydrogens (tertiary/aromatic N) is 4. The molecule has 2 N–H and O–H groups in total. The van der Waals surface area contributed by atoms with Gasteiger partial charge in [-0.3, -0.25) is 14.3 Å². The molecule has 2 heterocycles. The third-order valence-electron chi connectivity index (χ3n) is 3.40. The zero-order valence-corrected chi connectivity index (χ0v) is 11.4. The highest BCUT2D eigenvalue weighted by atomic mass is 19.3. The summed E-state index contributed by atoms with van der Waals surface area (Å²) in [6, 6.07) is -0.501. The molecule has 1 saturated heterocycles. The van der Waals surface area contributed by atoms with Crippen molar-refractivity contribution < 1.29 is 13.6 Å². The summed E-state index contributed by atoms with van der Waals surface area (Å²) in [5.74, 6) is 0.269. The van der Waals surface area contributed by atoms with E-state index in [1.807, 2.05) is 4.90 Å². The molecular weight excluding hydrogens is 268 g/mol. The van der Waals surface area contributed by atoms with Crippen LogP contribution in [0.3, 0.4) is 0 Å². The lowest BCUT2D eigenvalue weighted by atomic mass is 10.2. The van der Waals surface area contributed by atoms with Gasteiger partial charge in [-0.1, -0.05) is 0 Å². The number of hydrogen-bond donors (Lipinski definition) is 1.